The van der Waals surface area contributed by atoms with Crippen molar-refractivity contribution in [2.24, 2.45) is 0 Å². The molecule has 27 heavy (non-hydrogen) atoms. The molecule has 0 atom stereocenters. The molecule has 0 spiro atoms. The van der Waals surface area contributed by atoms with E-state index in [1.165, 1.54) is 57.3 Å². The molecule has 0 aliphatic heterocycles. The second kappa shape index (κ2) is 8.68. The molecule has 0 saturated heterocycles. The van der Waals surface area contributed by atoms with E-state index in [9.17, 15) is 0 Å². The number of fused-ring (bicyclic) bond motifs is 2. The lowest BCUT2D eigenvalue weighted by atomic mass is 10.1. The van der Waals surface area contributed by atoms with Gasteiger partial charge in [0.25, 0.3) is 0 Å². The van der Waals surface area contributed by atoms with Crippen LogP contribution in [0.5, 0.6) is 0 Å². The zero-order valence-electron chi connectivity index (χ0n) is 17.5. The molecule has 2 N–H and O–H groups in total. The zero-order valence-corrected chi connectivity index (χ0v) is 17.5. The third-order valence-corrected chi connectivity index (χ3v) is 5.21. The Morgan fingerprint density at radius 1 is 0.926 bits per heavy atom. The van der Waals surface area contributed by atoms with Crippen molar-refractivity contribution < 1.29 is 9.47 Å². The molecule has 1 heterocycles. The van der Waals surface area contributed by atoms with E-state index < -0.39 is 0 Å². The van der Waals surface area contributed by atoms with Crippen molar-refractivity contribution in [3.8, 4) is 0 Å². The Bertz CT molecular complexity index is 915. The minimum Gasteiger partial charge on any atom is -0.377 e. The maximum atomic E-state index is 3.28. The van der Waals surface area contributed by atoms with Crippen molar-refractivity contribution in [3.05, 3.63) is 48.0 Å². The van der Waals surface area contributed by atoms with Crippen LogP contribution in [0.25, 0.3) is 21.8 Å². The summed E-state index contributed by atoms with van der Waals surface area (Å²) in [6.45, 7) is 3.17. The summed E-state index contributed by atoms with van der Waals surface area (Å²) in [5.74, 6) is 0. The summed E-state index contributed by atoms with van der Waals surface area (Å²) in [4.78, 5) is 3.70. The van der Waals surface area contributed by atoms with E-state index in [0.29, 0.717) is 0 Å². The van der Waals surface area contributed by atoms with E-state index in [4.69, 9.17) is 0 Å². The molecule has 2 aromatic carbocycles. The van der Waals surface area contributed by atoms with Crippen LogP contribution in [0.4, 0.5) is 5.69 Å². The van der Waals surface area contributed by atoms with Crippen LogP contribution in [-0.4, -0.2) is 41.8 Å². The number of benzene rings is 2. The van der Waals surface area contributed by atoms with Crippen LogP contribution in [0, 0.1) is 0 Å². The Kier molecular flexibility index (Phi) is 6.30. The van der Waals surface area contributed by atoms with Gasteiger partial charge in [-0.05, 0) is 36.9 Å². The van der Waals surface area contributed by atoms with Gasteiger partial charge >= 0.3 is 0 Å². The van der Waals surface area contributed by atoms with Gasteiger partial charge in [-0.15, -0.1) is 0 Å². The minimum atomic E-state index is 0.899. The van der Waals surface area contributed by atoms with Gasteiger partial charge in [0.2, 0.25) is 11.0 Å². The highest BCUT2D eigenvalue weighted by atomic mass is 15.1. The number of aryl methyl sites for hydroxylation is 1. The minimum absolute atomic E-state index is 0.899. The van der Waals surface area contributed by atoms with Crippen LogP contribution in [0.2, 0.25) is 0 Å². The van der Waals surface area contributed by atoms with Gasteiger partial charge in [-0.25, -0.2) is 0 Å². The Labute approximate surface area is 163 Å². The molecule has 1 aromatic heterocycles. The number of pyridine rings is 1. The maximum absolute atomic E-state index is 3.28. The smallest absolute Gasteiger partial charge is 0.215 e. The number of nitrogens with one attached hydrogen (secondary N) is 2. The predicted octanol–water partition coefficient (Wildman–Crippen LogP) is 1.99. The van der Waals surface area contributed by atoms with Crippen molar-refractivity contribution in [1.29, 1.82) is 0 Å². The summed E-state index contributed by atoms with van der Waals surface area (Å²) in [5.41, 5.74) is 5.25. The highest BCUT2D eigenvalue weighted by molar-refractivity contribution is 5.90. The van der Waals surface area contributed by atoms with E-state index >= 15 is 0 Å². The quantitative estimate of drug-likeness (QED) is 0.362. The van der Waals surface area contributed by atoms with E-state index in [2.05, 4.69) is 85.4 Å². The molecule has 3 aromatic rings. The van der Waals surface area contributed by atoms with E-state index in [1.807, 2.05) is 7.05 Å². The van der Waals surface area contributed by atoms with Crippen molar-refractivity contribution in [2.45, 2.75) is 25.9 Å². The van der Waals surface area contributed by atoms with Crippen molar-refractivity contribution in [3.63, 3.8) is 0 Å². The summed E-state index contributed by atoms with van der Waals surface area (Å²) in [5, 5.41) is 5.91. The van der Waals surface area contributed by atoms with Gasteiger partial charge in [-0.2, -0.15) is 4.57 Å². The molecular formula is C23H34N4+2. The molecule has 4 nitrogen and oxygen atoms in total. The lowest BCUT2D eigenvalue weighted by Crippen LogP contribution is -3.05. The van der Waals surface area contributed by atoms with E-state index in [0.717, 1.165) is 13.1 Å². The molecule has 0 saturated carbocycles. The molecule has 144 valence electrons. The molecule has 0 radical (unpaired) electrons. The molecule has 0 aliphatic carbocycles. The lowest BCUT2D eigenvalue weighted by molar-refractivity contribution is -0.858. The third kappa shape index (κ3) is 4.57. The average Bonchev–Trinajstić information content (AvgIpc) is 2.64. The predicted molar refractivity (Wildman–Crippen MR) is 116 cm³/mol. The summed E-state index contributed by atoms with van der Waals surface area (Å²) < 4.78 is 2.53. The fourth-order valence-electron chi connectivity index (χ4n) is 3.71. The maximum Gasteiger partial charge on any atom is 0.215 e. The highest BCUT2D eigenvalue weighted by Gasteiger charge is 2.17. The number of aromatic nitrogens is 1. The van der Waals surface area contributed by atoms with Gasteiger partial charge in [-0.1, -0.05) is 6.07 Å². The Balaban J connectivity index is 2.11. The highest BCUT2D eigenvalue weighted by Crippen LogP contribution is 2.23. The molecule has 3 rings (SSSR count). The first-order valence-electron chi connectivity index (χ1n) is 10.00. The summed E-state index contributed by atoms with van der Waals surface area (Å²) in [6, 6.07) is 16.0. The van der Waals surface area contributed by atoms with Crippen molar-refractivity contribution >= 4 is 27.5 Å². The normalized spacial score (nSPS) is 11.6. The first-order chi connectivity index (χ1) is 13.0. The van der Waals surface area contributed by atoms with Crippen LogP contribution in [0.3, 0.4) is 0 Å². The molecule has 0 unspecified atom stereocenters. The van der Waals surface area contributed by atoms with Crippen LogP contribution in [0.1, 0.15) is 18.4 Å². The summed E-state index contributed by atoms with van der Waals surface area (Å²) >= 11 is 0. The van der Waals surface area contributed by atoms with Gasteiger partial charge in [0.05, 0.1) is 20.6 Å². The summed E-state index contributed by atoms with van der Waals surface area (Å²) in [7, 11) is 10.7. The fourth-order valence-corrected chi connectivity index (χ4v) is 3.71. The van der Waals surface area contributed by atoms with Gasteiger partial charge in [0.15, 0.2) is 0 Å². The van der Waals surface area contributed by atoms with Crippen LogP contribution < -0.4 is 19.7 Å². The second-order valence-electron chi connectivity index (χ2n) is 8.02. The van der Waals surface area contributed by atoms with Crippen LogP contribution >= 0.6 is 0 Å². The first-order valence-corrected chi connectivity index (χ1v) is 10.00. The molecule has 4 heteroatoms. The van der Waals surface area contributed by atoms with Crippen molar-refractivity contribution in [2.75, 3.05) is 46.7 Å². The Morgan fingerprint density at radius 2 is 1.63 bits per heavy atom. The molecule has 0 bridgehead atoms. The van der Waals surface area contributed by atoms with Gasteiger partial charge in [0, 0.05) is 62.1 Å². The number of hydrogen-bond acceptors (Lipinski definition) is 2. The van der Waals surface area contributed by atoms with Crippen LogP contribution in [0.15, 0.2) is 42.5 Å². The number of unbranched alkanes of at least 4 members (excludes halogenated alkanes) is 1. The average molecular weight is 367 g/mol. The van der Waals surface area contributed by atoms with Gasteiger partial charge in [0.1, 0.15) is 6.54 Å². The largest absolute Gasteiger partial charge is 0.377 e. The van der Waals surface area contributed by atoms with E-state index in [-0.39, 0.29) is 0 Å². The first kappa shape index (κ1) is 19.6. The number of rotatable bonds is 8. The number of quaternary nitrogens is 1. The fraction of sp³-hybridized carbons (Fsp3) is 0.435. The van der Waals surface area contributed by atoms with E-state index in [1.54, 1.807) is 0 Å². The molecule has 0 fully saturated rings. The summed E-state index contributed by atoms with van der Waals surface area (Å²) in [6.07, 6.45) is 2.45. The standard InChI is InChI=1S/C23H33N4/c1-24-17-18-8-9-19-15-20-10-11-21(26(4)5)16-23(20)27(22(19)14-18)13-7-6-12-25(2)3/h8-11,14-16,24H,6-7,12-13,17H2,1-5H3/q+1/p+1. The SMILES string of the molecule is CNCc1ccc2cc3ccc(N(C)C)cc3[n+](CCCC[NH+](C)C)c2c1. The number of hydrogen-bond donors (Lipinski definition) is 2. The zero-order chi connectivity index (χ0) is 19.4. The lowest BCUT2D eigenvalue weighted by Gasteiger charge is -2.14. The van der Waals surface area contributed by atoms with Crippen molar-refractivity contribution in [1.82, 2.24) is 5.32 Å². The molecule has 0 amide bonds. The van der Waals surface area contributed by atoms with Crippen LogP contribution in [-0.2, 0) is 13.1 Å². The monoisotopic (exact) mass is 366 g/mol. The molecular weight excluding hydrogens is 332 g/mol. The van der Waals surface area contributed by atoms with Gasteiger partial charge < -0.3 is 15.1 Å². The Hall–Kier alpha value is -2.17. The molecule has 0 aliphatic rings. The number of nitrogens with zero attached hydrogens (tertiary/aromatic N) is 2. The second-order valence-corrected chi connectivity index (χ2v) is 8.02. The Morgan fingerprint density at radius 3 is 2.30 bits per heavy atom. The topological polar surface area (TPSA) is 23.6 Å². The third-order valence-electron chi connectivity index (χ3n) is 5.21. The number of anilines is 1. The van der Waals surface area contributed by atoms with Gasteiger partial charge in [-0.3, -0.25) is 0 Å².